The normalized spacial score (nSPS) is 14.4. The zero-order valence-corrected chi connectivity index (χ0v) is 14.5. The molecule has 0 saturated carbocycles. The second-order valence-corrected chi connectivity index (χ2v) is 6.97. The molecule has 132 valence electrons. The highest BCUT2D eigenvalue weighted by atomic mass is 32.1. The Hall–Kier alpha value is -2.60. The topological polar surface area (TPSA) is 17.8 Å². The SMILES string of the molecule is FC(F)(F)c1nn(C2C=CC=C2)c(-c2cccs2)c1Cc1ccccc1. The van der Waals surface area contributed by atoms with Crippen molar-refractivity contribution in [1.82, 2.24) is 9.78 Å². The highest BCUT2D eigenvalue weighted by molar-refractivity contribution is 7.13. The molecule has 0 spiro atoms. The third kappa shape index (κ3) is 3.12. The molecule has 0 fully saturated rings. The van der Waals surface area contributed by atoms with Gasteiger partial charge >= 0.3 is 6.18 Å². The number of benzene rings is 1. The minimum absolute atomic E-state index is 0.184. The lowest BCUT2D eigenvalue weighted by atomic mass is 10.0. The van der Waals surface area contributed by atoms with Crippen LogP contribution < -0.4 is 0 Å². The molecular weight excluding hydrogens is 357 g/mol. The average molecular weight is 372 g/mol. The fourth-order valence-electron chi connectivity index (χ4n) is 3.14. The molecule has 0 unspecified atom stereocenters. The van der Waals surface area contributed by atoms with Gasteiger partial charge < -0.3 is 0 Å². The minimum Gasteiger partial charge on any atom is -0.252 e. The smallest absolute Gasteiger partial charge is 0.252 e. The molecular formula is C20H15F3N2S. The van der Waals surface area contributed by atoms with Crippen molar-refractivity contribution in [1.29, 1.82) is 0 Å². The van der Waals surface area contributed by atoms with Crippen LogP contribution in [-0.4, -0.2) is 9.78 Å². The molecule has 26 heavy (non-hydrogen) atoms. The zero-order chi connectivity index (χ0) is 18.1. The second kappa shape index (κ2) is 6.61. The van der Waals surface area contributed by atoms with E-state index in [0.717, 1.165) is 10.4 Å². The van der Waals surface area contributed by atoms with Crippen LogP contribution in [0.5, 0.6) is 0 Å². The molecule has 2 heterocycles. The van der Waals surface area contributed by atoms with E-state index in [1.165, 1.54) is 16.0 Å². The largest absolute Gasteiger partial charge is 0.435 e. The number of halogens is 3. The number of alkyl halides is 3. The maximum absolute atomic E-state index is 13.8. The first-order chi connectivity index (χ1) is 12.5. The summed E-state index contributed by atoms with van der Waals surface area (Å²) in [6.45, 7) is 0. The van der Waals surface area contributed by atoms with Crippen LogP contribution in [-0.2, 0) is 12.6 Å². The summed E-state index contributed by atoms with van der Waals surface area (Å²) in [4.78, 5) is 0.785. The van der Waals surface area contributed by atoms with Gasteiger partial charge in [-0.3, -0.25) is 4.68 Å². The fraction of sp³-hybridized carbons (Fsp3) is 0.150. The third-order valence-corrected chi connectivity index (χ3v) is 5.14. The van der Waals surface area contributed by atoms with Crippen LogP contribution in [0.15, 0.2) is 72.1 Å². The number of allylic oxidation sites excluding steroid dienone is 4. The van der Waals surface area contributed by atoms with Crippen LogP contribution in [0.4, 0.5) is 13.2 Å². The number of hydrogen-bond acceptors (Lipinski definition) is 2. The Morgan fingerprint density at radius 2 is 1.73 bits per heavy atom. The van der Waals surface area contributed by atoms with E-state index in [1.807, 2.05) is 72.1 Å². The molecule has 1 aliphatic carbocycles. The fourth-order valence-corrected chi connectivity index (χ4v) is 3.93. The van der Waals surface area contributed by atoms with E-state index in [0.29, 0.717) is 5.69 Å². The van der Waals surface area contributed by atoms with Crippen LogP contribution in [0.2, 0.25) is 0 Å². The summed E-state index contributed by atoms with van der Waals surface area (Å²) in [6.07, 6.45) is 3.02. The summed E-state index contributed by atoms with van der Waals surface area (Å²) in [5.74, 6) is 0. The van der Waals surface area contributed by atoms with Crippen LogP contribution in [0.25, 0.3) is 10.6 Å². The van der Waals surface area contributed by atoms with E-state index in [1.54, 1.807) is 0 Å². The number of nitrogens with zero attached hydrogens (tertiary/aromatic N) is 2. The van der Waals surface area contributed by atoms with Crippen molar-refractivity contribution in [3.05, 3.63) is 89.0 Å². The Balaban J connectivity index is 1.94. The van der Waals surface area contributed by atoms with Crippen LogP contribution in [0.3, 0.4) is 0 Å². The summed E-state index contributed by atoms with van der Waals surface area (Å²) in [6, 6.07) is 12.6. The molecule has 0 radical (unpaired) electrons. The van der Waals surface area contributed by atoms with Crippen LogP contribution in [0, 0.1) is 0 Å². The van der Waals surface area contributed by atoms with Gasteiger partial charge in [-0.05, 0) is 17.0 Å². The Kier molecular flexibility index (Phi) is 4.28. The van der Waals surface area contributed by atoms with E-state index in [9.17, 15) is 13.2 Å². The second-order valence-electron chi connectivity index (χ2n) is 6.02. The summed E-state index contributed by atoms with van der Waals surface area (Å²) in [5.41, 5.74) is 0.781. The van der Waals surface area contributed by atoms with Gasteiger partial charge in [0.1, 0.15) is 0 Å². The Labute approximate surface area is 152 Å². The molecule has 1 aliphatic rings. The van der Waals surface area contributed by atoms with Crippen molar-refractivity contribution in [2.45, 2.75) is 18.6 Å². The van der Waals surface area contributed by atoms with Crippen molar-refractivity contribution in [3.8, 4) is 10.6 Å². The zero-order valence-electron chi connectivity index (χ0n) is 13.6. The Bertz CT molecular complexity index is 939. The van der Waals surface area contributed by atoms with Crippen LogP contribution in [0.1, 0.15) is 22.9 Å². The summed E-state index contributed by atoms with van der Waals surface area (Å²) >= 11 is 1.42. The molecule has 0 aliphatic heterocycles. The first-order valence-corrected chi connectivity index (χ1v) is 9.03. The molecule has 0 saturated heterocycles. The standard InChI is InChI=1S/C20H15F3N2S/c21-20(22,23)19-16(13-14-7-2-1-3-8-14)18(17-11-6-12-26-17)25(24-19)15-9-4-5-10-15/h1-12,15H,13H2. The molecule has 4 rings (SSSR count). The molecule has 1 aromatic carbocycles. The predicted octanol–water partition coefficient (Wildman–Crippen LogP) is 5.89. The van der Waals surface area contributed by atoms with Gasteiger partial charge in [0.2, 0.25) is 0 Å². The van der Waals surface area contributed by atoms with Gasteiger partial charge in [-0.2, -0.15) is 18.3 Å². The highest BCUT2D eigenvalue weighted by Gasteiger charge is 2.40. The molecule has 0 N–H and O–H groups in total. The molecule has 0 bridgehead atoms. The quantitative estimate of drug-likeness (QED) is 0.558. The summed E-state index contributed by atoms with van der Waals surface area (Å²) < 4.78 is 42.8. The van der Waals surface area contributed by atoms with Crippen LogP contribution >= 0.6 is 11.3 Å². The molecule has 2 aromatic heterocycles. The molecule has 0 atom stereocenters. The van der Waals surface area contributed by atoms with Crippen molar-refractivity contribution in [2.75, 3.05) is 0 Å². The predicted molar refractivity (Wildman–Crippen MR) is 97.1 cm³/mol. The molecule has 6 heteroatoms. The molecule has 2 nitrogen and oxygen atoms in total. The summed E-state index contributed by atoms with van der Waals surface area (Å²) in [5, 5.41) is 5.88. The van der Waals surface area contributed by atoms with Crippen molar-refractivity contribution in [2.24, 2.45) is 0 Å². The first kappa shape index (κ1) is 16.8. The molecule has 0 amide bonds. The van der Waals surface area contributed by atoms with E-state index in [2.05, 4.69) is 5.10 Å². The maximum atomic E-state index is 13.8. The van der Waals surface area contributed by atoms with E-state index in [4.69, 9.17) is 0 Å². The van der Waals surface area contributed by atoms with E-state index < -0.39 is 11.9 Å². The average Bonchev–Trinajstić information content (AvgIpc) is 3.35. The number of aromatic nitrogens is 2. The van der Waals surface area contributed by atoms with Crippen molar-refractivity contribution in [3.63, 3.8) is 0 Å². The van der Waals surface area contributed by atoms with Crippen molar-refractivity contribution < 1.29 is 13.2 Å². The lowest BCUT2D eigenvalue weighted by molar-refractivity contribution is -0.142. The van der Waals surface area contributed by atoms with Gasteiger partial charge in [0.05, 0.1) is 16.6 Å². The lowest BCUT2D eigenvalue weighted by Crippen LogP contribution is -2.11. The Morgan fingerprint density at radius 3 is 2.35 bits per heavy atom. The van der Waals surface area contributed by atoms with Gasteiger partial charge in [0.25, 0.3) is 0 Å². The Morgan fingerprint density at radius 1 is 1.00 bits per heavy atom. The van der Waals surface area contributed by atoms with Gasteiger partial charge in [-0.1, -0.05) is 60.7 Å². The molecule has 3 aromatic rings. The van der Waals surface area contributed by atoms with Gasteiger partial charge in [0, 0.05) is 12.0 Å². The first-order valence-electron chi connectivity index (χ1n) is 8.15. The van der Waals surface area contributed by atoms with Gasteiger partial charge in [0.15, 0.2) is 5.69 Å². The van der Waals surface area contributed by atoms with E-state index in [-0.39, 0.29) is 18.0 Å². The number of hydrogen-bond donors (Lipinski definition) is 0. The number of rotatable bonds is 4. The number of thiophene rings is 1. The highest BCUT2D eigenvalue weighted by Crippen LogP contribution is 2.40. The van der Waals surface area contributed by atoms with Gasteiger partial charge in [-0.25, -0.2) is 0 Å². The van der Waals surface area contributed by atoms with Gasteiger partial charge in [-0.15, -0.1) is 11.3 Å². The monoisotopic (exact) mass is 372 g/mol. The lowest BCUT2D eigenvalue weighted by Gasteiger charge is -2.12. The minimum atomic E-state index is -4.51. The maximum Gasteiger partial charge on any atom is 0.435 e. The third-order valence-electron chi connectivity index (χ3n) is 4.27. The summed E-state index contributed by atoms with van der Waals surface area (Å²) in [7, 11) is 0. The van der Waals surface area contributed by atoms with E-state index >= 15 is 0 Å². The van der Waals surface area contributed by atoms with Crippen molar-refractivity contribution >= 4 is 11.3 Å².